The third kappa shape index (κ3) is 6.20. The maximum atomic E-state index is 13.4. The zero-order chi connectivity index (χ0) is 18.9. The summed E-state index contributed by atoms with van der Waals surface area (Å²) in [4.78, 5) is 0. The van der Waals surface area contributed by atoms with Crippen molar-refractivity contribution in [2.45, 2.75) is 27.7 Å². The monoisotopic (exact) mass is 350 g/mol. The van der Waals surface area contributed by atoms with Gasteiger partial charge in [0.25, 0.3) is 0 Å². The van der Waals surface area contributed by atoms with Crippen molar-refractivity contribution in [1.29, 1.82) is 0 Å². The quantitative estimate of drug-likeness (QED) is 0.558. The third-order valence-corrected chi connectivity index (χ3v) is 3.75. The molecular formula is C20H24F2OS. The molecule has 0 aliphatic carbocycles. The number of phenols is 1. The van der Waals surface area contributed by atoms with Gasteiger partial charge in [-0.3, -0.25) is 0 Å². The Labute approximate surface area is 147 Å². The molecule has 130 valence electrons. The highest BCUT2D eigenvalue weighted by atomic mass is 32.2. The van der Waals surface area contributed by atoms with Gasteiger partial charge in [-0.15, -0.1) is 11.8 Å². The molecule has 1 aromatic carbocycles. The first-order valence-electron chi connectivity index (χ1n) is 7.46. The summed E-state index contributed by atoms with van der Waals surface area (Å²) in [7, 11) is 0. The van der Waals surface area contributed by atoms with Gasteiger partial charge in [0.2, 0.25) is 0 Å². The molecule has 0 atom stereocenters. The Balaban J connectivity index is 0.00000254. The summed E-state index contributed by atoms with van der Waals surface area (Å²) in [5.74, 6) is -2.39. The summed E-state index contributed by atoms with van der Waals surface area (Å²) in [6, 6.07) is 1.68. The molecule has 0 radical (unpaired) electrons. The molecular weight excluding hydrogens is 326 g/mol. The molecule has 0 fully saturated rings. The molecule has 1 rings (SSSR count). The van der Waals surface area contributed by atoms with E-state index < -0.39 is 17.4 Å². The highest BCUT2D eigenvalue weighted by Crippen LogP contribution is 2.32. The van der Waals surface area contributed by atoms with Crippen molar-refractivity contribution in [1.82, 2.24) is 0 Å². The third-order valence-electron chi connectivity index (χ3n) is 3.07. The summed E-state index contributed by atoms with van der Waals surface area (Å²) in [6.07, 6.45) is 1.75. The number of thioether (sulfide) groups is 1. The van der Waals surface area contributed by atoms with Crippen LogP contribution in [0.25, 0.3) is 5.57 Å². The first-order valence-corrected chi connectivity index (χ1v) is 8.40. The Morgan fingerprint density at radius 1 is 1.12 bits per heavy atom. The van der Waals surface area contributed by atoms with Crippen LogP contribution in [0.4, 0.5) is 8.78 Å². The van der Waals surface area contributed by atoms with Gasteiger partial charge in [-0.05, 0) is 53.0 Å². The van der Waals surface area contributed by atoms with Crippen molar-refractivity contribution in [3.05, 3.63) is 82.7 Å². The standard InChI is InChI=1S/C18H18F2OS.C2H6/c1-6-22-10-13(4)11(2)7-12(3)14(5)16-8-15(19)9-17(20)18(16)21;1-2/h6-10,21H,1-2,5H2,3-4H3;1-2H3/b12-7+,13-10+;. The normalized spacial score (nSPS) is 11.4. The van der Waals surface area contributed by atoms with Crippen LogP contribution in [0.2, 0.25) is 0 Å². The van der Waals surface area contributed by atoms with E-state index >= 15 is 0 Å². The summed E-state index contributed by atoms with van der Waals surface area (Å²) in [6.45, 7) is 19.0. The van der Waals surface area contributed by atoms with E-state index in [1.807, 2.05) is 26.2 Å². The van der Waals surface area contributed by atoms with Crippen molar-refractivity contribution in [2.24, 2.45) is 0 Å². The van der Waals surface area contributed by atoms with E-state index in [4.69, 9.17) is 0 Å². The zero-order valence-corrected chi connectivity index (χ0v) is 15.4. The SMILES string of the molecule is C=CS/C=C(\C)C(=C)/C=C(\C)C(=C)c1cc(F)cc(F)c1O.CC. The number of hydrogen-bond acceptors (Lipinski definition) is 2. The number of hydrogen-bond donors (Lipinski definition) is 1. The number of rotatable bonds is 6. The number of phenolic OH excluding ortho intramolecular Hbond substituents is 1. The van der Waals surface area contributed by atoms with Crippen molar-refractivity contribution >= 4 is 17.3 Å². The van der Waals surface area contributed by atoms with E-state index in [1.54, 1.807) is 18.4 Å². The van der Waals surface area contributed by atoms with E-state index in [2.05, 4.69) is 19.7 Å². The highest BCUT2D eigenvalue weighted by molar-refractivity contribution is 8.04. The summed E-state index contributed by atoms with van der Waals surface area (Å²) < 4.78 is 26.7. The molecule has 0 unspecified atom stereocenters. The van der Waals surface area contributed by atoms with Crippen LogP contribution in [-0.2, 0) is 0 Å². The van der Waals surface area contributed by atoms with Crippen LogP contribution >= 0.6 is 11.8 Å². The van der Waals surface area contributed by atoms with Gasteiger partial charge in [0, 0.05) is 11.6 Å². The Hall–Kier alpha value is -2.07. The van der Waals surface area contributed by atoms with Gasteiger partial charge in [-0.25, -0.2) is 8.78 Å². The van der Waals surface area contributed by atoms with Crippen molar-refractivity contribution in [3.63, 3.8) is 0 Å². The fraction of sp³-hybridized carbons (Fsp3) is 0.200. The van der Waals surface area contributed by atoms with E-state index in [1.165, 1.54) is 11.8 Å². The molecule has 0 bridgehead atoms. The van der Waals surface area contributed by atoms with Gasteiger partial charge in [0.05, 0.1) is 0 Å². The lowest BCUT2D eigenvalue weighted by molar-refractivity contribution is 0.426. The Morgan fingerprint density at radius 3 is 2.25 bits per heavy atom. The molecule has 0 heterocycles. The lowest BCUT2D eigenvalue weighted by Crippen LogP contribution is -1.92. The Kier molecular flexibility index (Phi) is 9.74. The van der Waals surface area contributed by atoms with Gasteiger partial charge in [-0.1, -0.05) is 39.7 Å². The van der Waals surface area contributed by atoms with Crippen molar-refractivity contribution in [2.75, 3.05) is 0 Å². The maximum Gasteiger partial charge on any atom is 0.168 e. The maximum absolute atomic E-state index is 13.4. The molecule has 0 aliphatic heterocycles. The van der Waals surface area contributed by atoms with E-state index in [9.17, 15) is 13.9 Å². The summed E-state index contributed by atoms with van der Waals surface area (Å²) in [5, 5.41) is 13.3. The van der Waals surface area contributed by atoms with Crippen LogP contribution in [-0.4, -0.2) is 5.11 Å². The van der Waals surface area contributed by atoms with Gasteiger partial charge in [0.15, 0.2) is 11.6 Å². The minimum absolute atomic E-state index is 0.0288. The molecule has 0 saturated carbocycles. The van der Waals surface area contributed by atoms with Gasteiger partial charge in [-0.2, -0.15) is 0 Å². The number of benzene rings is 1. The molecule has 0 aliphatic rings. The molecule has 1 nitrogen and oxygen atoms in total. The lowest BCUT2D eigenvalue weighted by atomic mass is 9.97. The van der Waals surface area contributed by atoms with Crippen LogP contribution in [0.15, 0.2) is 65.5 Å². The topological polar surface area (TPSA) is 20.2 Å². The highest BCUT2D eigenvalue weighted by Gasteiger charge is 2.14. The molecule has 0 aromatic heterocycles. The second-order valence-corrected chi connectivity index (χ2v) is 5.56. The average Bonchev–Trinajstić information content (AvgIpc) is 2.56. The fourth-order valence-corrected chi connectivity index (χ4v) is 2.15. The van der Waals surface area contributed by atoms with Crippen LogP contribution in [0.5, 0.6) is 5.75 Å². The molecule has 24 heavy (non-hydrogen) atoms. The molecule has 1 N–H and O–H groups in total. The lowest BCUT2D eigenvalue weighted by Gasteiger charge is -2.11. The average molecular weight is 350 g/mol. The molecule has 1 aromatic rings. The van der Waals surface area contributed by atoms with Crippen LogP contribution in [0.3, 0.4) is 0 Å². The first kappa shape index (κ1) is 21.9. The second kappa shape index (κ2) is 10.7. The predicted molar refractivity (Wildman–Crippen MR) is 103 cm³/mol. The predicted octanol–water partition coefficient (Wildman–Crippen LogP) is 6.99. The van der Waals surface area contributed by atoms with Gasteiger partial charge >= 0.3 is 0 Å². The summed E-state index contributed by atoms with van der Waals surface area (Å²) in [5.41, 5.74) is 2.69. The number of halogens is 2. The molecule has 0 amide bonds. The number of aromatic hydroxyl groups is 1. The van der Waals surface area contributed by atoms with Crippen molar-refractivity contribution < 1.29 is 13.9 Å². The van der Waals surface area contributed by atoms with E-state index in [0.29, 0.717) is 17.2 Å². The van der Waals surface area contributed by atoms with Crippen LogP contribution < -0.4 is 0 Å². The zero-order valence-electron chi connectivity index (χ0n) is 14.6. The second-order valence-electron chi connectivity index (χ2n) is 4.72. The van der Waals surface area contributed by atoms with Gasteiger partial charge < -0.3 is 5.11 Å². The Morgan fingerprint density at radius 2 is 1.71 bits per heavy atom. The fourth-order valence-electron chi connectivity index (χ4n) is 1.70. The van der Waals surface area contributed by atoms with Crippen LogP contribution in [0, 0.1) is 11.6 Å². The van der Waals surface area contributed by atoms with E-state index in [0.717, 1.165) is 17.2 Å². The largest absolute Gasteiger partial charge is 0.504 e. The minimum Gasteiger partial charge on any atom is -0.504 e. The molecule has 4 heteroatoms. The summed E-state index contributed by atoms with van der Waals surface area (Å²) >= 11 is 1.43. The Bertz CT molecular complexity index is 685. The van der Waals surface area contributed by atoms with E-state index in [-0.39, 0.29) is 5.56 Å². The number of allylic oxidation sites excluding steroid dienone is 5. The van der Waals surface area contributed by atoms with Crippen molar-refractivity contribution in [3.8, 4) is 5.75 Å². The molecule has 0 saturated heterocycles. The minimum atomic E-state index is -1.01. The molecule has 0 spiro atoms. The van der Waals surface area contributed by atoms with Gasteiger partial charge in [0.1, 0.15) is 5.82 Å². The smallest absolute Gasteiger partial charge is 0.168 e. The van der Waals surface area contributed by atoms with Crippen LogP contribution in [0.1, 0.15) is 33.3 Å². The first-order chi connectivity index (χ1) is 11.3.